The van der Waals surface area contributed by atoms with Crippen LogP contribution in [-0.4, -0.2) is 28.1 Å². The molecule has 6 nitrogen and oxygen atoms in total. The maximum Gasteiger partial charge on any atom is 0.408 e. The molecule has 0 aliphatic carbocycles. The molecule has 0 radical (unpaired) electrons. The number of para-hydroxylation sites is 1. The van der Waals surface area contributed by atoms with Crippen molar-refractivity contribution in [3.63, 3.8) is 0 Å². The molecule has 0 fully saturated rings. The molecule has 1 aromatic carbocycles. The van der Waals surface area contributed by atoms with Crippen molar-refractivity contribution in [2.24, 2.45) is 0 Å². The third-order valence-corrected chi connectivity index (χ3v) is 3.56. The summed E-state index contributed by atoms with van der Waals surface area (Å²) in [6.45, 7) is 0.615. The van der Waals surface area contributed by atoms with Crippen LogP contribution in [0.5, 0.6) is 5.75 Å². The molecule has 0 bridgehead atoms. The number of hydrogen-bond donors (Lipinski definition) is 2. The SMILES string of the molecule is C[C@@H]1Oc2ccccc2[C@@H]1NC(=O)Nc1cnn(CC(F)(F)F)c1. The molecule has 1 aliphatic heterocycles. The number of alkyl halides is 3. The van der Waals surface area contributed by atoms with E-state index in [0.717, 1.165) is 18.0 Å². The van der Waals surface area contributed by atoms with Gasteiger partial charge in [-0.2, -0.15) is 18.3 Å². The highest BCUT2D eigenvalue weighted by molar-refractivity contribution is 5.89. The predicted octanol–water partition coefficient (Wildman–Crippen LogP) is 3.09. The summed E-state index contributed by atoms with van der Waals surface area (Å²) in [4.78, 5) is 12.1. The van der Waals surface area contributed by atoms with Crippen LogP contribution < -0.4 is 15.4 Å². The third kappa shape index (κ3) is 3.61. The van der Waals surface area contributed by atoms with Gasteiger partial charge in [0.05, 0.1) is 17.9 Å². The zero-order valence-corrected chi connectivity index (χ0v) is 12.7. The summed E-state index contributed by atoms with van der Waals surface area (Å²) >= 11 is 0. The first kappa shape index (κ1) is 16.2. The summed E-state index contributed by atoms with van der Waals surface area (Å²) in [5.74, 6) is 0.702. The van der Waals surface area contributed by atoms with Gasteiger partial charge < -0.3 is 15.4 Å². The van der Waals surface area contributed by atoms with Crippen LogP contribution in [0.25, 0.3) is 0 Å². The fourth-order valence-electron chi connectivity index (χ4n) is 2.57. The number of benzene rings is 1. The second-order valence-electron chi connectivity index (χ2n) is 5.48. The first-order valence-electron chi connectivity index (χ1n) is 7.24. The molecule has 0 saturated heterocycles. The van der Waals surface area contributed by atoms with Crippen LogP contribution in [-0.2, 0) is 6.54 Å². The van der Waals surface area contributed by atoms with Crippen molar-refractivity contribution >= 4 is 11.7 Å². The van der Waals surface area contributed by atoms with Crippen molar-refractivity contribution < 1.29 is 22.7 Å². The quantitative estimate of drug-likeness (QED) is 0.902. The van der Waals surface area contributed by atoms with Crippen molar-refractivity contribution in [2.75, 3.05) is 5.32 Å². The van der Waals surface area contributed by atoms with Crippen LogP contribution in [0.4, 0.5) is 23.7 Å². The molecule has 128 valence electrons. The maximum atomic E-state index is 12.3. The first-order chi connectivity index (χ1) is 11.3. The minimum Gasteiger partial charge on any atom is -0.488 e. The average molecular weight is 340 g/mol. The Labute approximate surface area is 135 Å². The number of anilines is 1. The zero-order valence-electron chi connectivity index (χ0n) is 12.7. The van der Waals surface area contributed by atoms with E-state index in [1.54, 1.807) is 0 Å². The summed E-state index contributed by atoms with van der Waals surface area (Å²) in [6, 6.07) is 6.46. The van der Waals surface area contributed by atoms with E-state index < -0.39 is 18.8 Å². The highest BCUT2D eigenvalue weighted by Crippen LogP contribution is 2.36. The average Bonchev–Trinajstić information content (AvgIpc) is 3.02. The van der Waals surface area contributed by atoms with Gasteiger partial charge in [0, 0.05) is 11.8 Å². The van der Waals surface area contributed by atoms with E-state index in [1.807, 2.05) is 31.2 Å². The van der Waals surface area contributed by atoms with Gasteiger partial charge in [-0.3, -0.25) is 4.68 Å². The number of ether oxygens (including phenoxy) is 1. The Kier molecular flexibility index (Phi) is 4.08. The summed E-state index contributed by atoms with van der Waals surface area (Å²) < 4.78 is 43.2. The highest BCUT2D eigenvalue weighted by Gasteiger charge is 2.32. The van der Waals surface area contributed by atoms with Crippen molar-refractivity contribution in [1.82, 2.24) is 15.1 Å². The molecule has 2 N–H and O–H groups in total. The lowest BCUT2D eigenvalue weighted by atomic mass is 10.1. The standard InChI is InChI=1S/C15H15F3N4O2/c1-9-13(11-4-2-3-5-12(11)24-9)21-14(23)20-10-6-19-22(7-10)8-15(16,17)18/h2-7,9,13H,8H2,1H3,(H2,20,21,23)/t9-,13+/m0/s1. The van der Waals surface area contributed by atoms with E-state index in [1.165, 1.54) is 0 Å². The van der Waals surface area contributed by atoms with Crippen molar-refractivity contribution in [3.05, 3.63) is 42.2 Å². The normalized spacial score (nSPS) is 19.5. The van der Waals surface area contributed by atoms with Crippen LogP contribution >= 0.6 is 0 Å². The van der Waals surface area contributed by atoms with Gasteiger partial charge in [-0.25, -0.2) is 4.79 Å². The fourth-order valence-corrected chi connectivity index (χ4v) is 2.57. The number of nitrogens with zero attached hydrogens (tertiary/aromatic N) is 2. The molecule has 24 heavy (non-hydrogen) atoms. The topological polar surface area (TPSA) is 68.2 Å². The lowest BCUT2D eigenvalue weighted by molar-refractivity contribution is -0.142. The molecule has 2 atom stereocenters. The molecule has 3 rings (SSSR count). The van der Waals surface area contributed by atoms with Crippen LogP contribution in [0.3, 0.4) is 0 Å². The van der Waals surface area contributed by atoms with Gasteiger partial charge in [0.15, 0.2) is 0 Å². The number of carbonyl (C=O) groups excluding carboxylic acids is 1. The fraction of sp³-hybridized carbons (Fsp3) is 0.333. The number of aromatic nitrogens is 2. The van der Waals surface area contributed by atoms with Crippen molar-refractivity contribution in [1.29, 1.82) is 0 Å². The summed E-state index contributed by atoms with van der Waals surface area (Å²) in [5, 5.41) is 8.79. The summed E-state index contributed by atoms with van der Waals surface area (Å²) in [6.07, 6.45) is -2.34. The van der Waals surface area contributed by atoms with E-state index in [4.69, 9.17) is 4.74 Å². The van der Waals surface area contributed by atoms with E-state index in [-0.39, 0.29) is 17.8 Å². The lowest BCUT2D eigenvalue weighted by Crippen LogP contribution is -2.36. The molecule has 1 aromatic heterocycles. The first-order valence-corrected chi connectivity index (χ1v) is 7.24. The molecule has 0 saturated carbocycles. The zero-order chi connectivity index (χ0) is 17.3. The van der Waals surface area contributed by atoms with E-state index in [9.17, 15) is 18.0 Å². The Hall–Kier alpha value is -2.71. The molecule has 2 amide bonds. The maximum absolute atomic E-state index is 12.3. The molecule has 1 aliphatic rings. The minimum absolute atomic E-state index is 0.177. The predicted molar refractivity (Wildman–Crippen MR) is 79.7 cm³/mol. The molecule has 2 heterocycles. The number of rotatable bonds is 3. The molecular weight excluding hydrogens is 325 g/mol. The second-order valence-corrected chi connectivity index (χ2v) is 5.48. The van der Waals surface area contributed by atoms with Crippen LogP contribution in [0, 0.1) is 0 Å². The van der Waals surface area contributed by atoms with Gasteiger partial charge in [0.2, 0.25) is 0 Å². The number of amides is 2. The Morgan fingerprint density at radius 3 is 2.88 bits per heavy atom. The number of carbonyl (C=O) groups is 1. The van der Waals surface area contributed by atoms with Gasteiger partial charge in [-0.15, -0.1) is 0 Å². The molecule has 9 heteroatoms. The molecule has 2 aromatic rings. The van der Waals surface area contributed by atoms with Gasteiger partial charge in [-0.05, 0) is 13.0 Å². The number of urea groups is 1. The van der Waals surface area contributed by atoms with Crippen molar-refractivity contribution in [3.8, 4) is 5.75 Å². The summed E-state index contributed by atoms with van der Waals surface area (Å²) in [5.41, 5.74) is 1.03. The number of nitrogens with one attached hydrogen (secondary N) is 2. The van der Waals surface area contributed by atoms with Gasteiger partial charge in [-0.1, -0.05) is 18.2 Å². The Morgan fingerprint density at radius 1 is 1.38 bits per heavy atom. The third-order valence-electron chi connectivity index (χ3n) is 3.56. The molecule has 0 unspecified atom stereocenters. The summed E-state index contributed by atoms with van der Waals surface area (Å²) in [7, 11) is 0. The Bertz CT molecular complexity index is 744. The number of halogens is 3. The van der Waals surface area contributed by atoms with Gasteiger partial charge >= 0.3 is 12.2 Å². The second kappa shape index (κ2) is 6.06. The van der Waals surface area contributed by atoms with Crippen LogP contribution in [0.15, 0.2) is 36.7 Å². The van der Waals surface area contributed by atoms with Gasteiger partial charge in [0.1, 0.15) is 18.4 Å². The monoisotopic (exact) mass is 340 g/mol. The molecular formula is C15H15F3N4O2. The number of hydrogen-bond acceptors (Lipinski definition) is 3. The van der Waals surface area contributed by atoms with Crippen LogP contribution in [0.2, 0.25) is 0 Å². The van der Waals surface area contributed by atoms with E-state index in [2.05, 4.69) is 15.7 Å². The Balaban J connectivity index is 1.62. The smallest absolute Gasteiger partial charge is 0.408 e. The van der Waals surface area contributed by atoms with E-state index in [0.29, 0.717) is 10.4 Å². The molecule has 0 spiro atoms. The number of fused-ring (bicyclic) bond motifs is 1. The van der Waals surface area contributed by atoms with Gasteiger partial charge in [0.25, 0.3) is 0 Å². The Morgan fingerprint density at radius 2 is 2.12 bits per heavy atom. The largest absolute Gasteiger partial charge is 0.488 e. The lowest BCUT2D eigenvalue weighted by Gasteiger charge is -2.16. The minimum atomic E-state index is -4.37. The van der Waals surface area contributed by atoms with Crippen molar-refractivity contribution in [2.45, 2.75) is 31.8 Å². The highest BCUT2D eigenvalue weighted by atomic mass is 19.4. The van der Waals surface area contributed by atoms with Crippen LogP contribution in [0.1, 0.15) is 18.5 Å². The van der Waals surface area contributed by atoms with E-state index >= 15 is 0 Å².